The number of hydrazine groups is 1. The van der Waals surface area contributed by atoms with Crippen molar-refractivity contribution in [3.8, 4) is 5.69 Å². The maximum absolute atomic E-state index is 14.5. The summed E-state index contributed by atoms with van der Waals surface area (Å²) >= 11 is 6.17. The number of carbonyl (C=O) groups excluding carboxylic acids is 2. The van der Waals surface area contributed by atoms with E-state index in [4.69, 9.17) is 44.8 Å². The maximum atomic E-state index is 14.5. The molecule has 1 amide bonds. The number of amides is 1. The van der Waals surface area contributed by atoms with Gasteiger partial charge >= 0.3 is 18.2 Å². The van der Waals surface area contributed by atoms with Crippen LogP contribution < -0.4 is 10.9 Å². The highest BCUT2D eigenvalue weighted by Gasteiger charge is 2.63. The molecule has 266 valence electrons. The first kappa shape index (κ1) is 36.4. The number of benzene rings is 1. The molecule has 0 aliphatic carbocycles. The van der Waals surface area contributed by atoms with Crippen LogP contribution in [0.3, 0.4) is 0 Å². The summed E-state index contributed by atoms with van der Waals surface area (Å²) in [4.78, 5) is 33.7. The van der Waals surface area contributed by atoms with E-state index in [1.165, 1.54) is 7.11 Å². The minimum Gasteiger partial charge on any atom is -0.463 e. The van der Waals surface area contributed by atoms with Crippen LogP contribution >= 0.6 is 11.6 Å². The molecule has 1 unspecified atom stereocenters. The number of halogens is 4. The highest BCUT2D eigenvalue weighted by atomic mass is 35.5. The van der Waals surface area contributed by atoms with Crippen molar-refractivity contribution in [3.63, 3.8) is 0 Å². The van der Waals surface area contributed by atoms with Crippen molar-refractivity contribution in [3.05, 3.63) is 70.5 Å². The summed E-state index contributed by atoms with van der Waals surface area (Å²) in [5.41, 5.74) is 0.798. The van der Waals surface area contributed by atoms with Gasteiger partial charge in [-0.05, 0) is 26.8 Å². The van der Waals surface area contributed by atoms with Gasteiger partial charge in [0.25, 0.3) is 5.82 Å². The molecule has 0 bridgehead atoms. The molecule has 4 heterocycles. The van der Waals surface area contributed by atoms with Crippen molar-refractivity contribution in [2.45, 2.75) is 62.7 Å². The second kappa shape index (κ2) is 14.5. The number of hydrogen-bond acceptors (Lipinski definition) is 13. The van der Waals surface area contributed by atoms with E-state index in [-0.39, 0.29) is 25.0 Å². The minimum atomic E-state index is -5.02. The molecule has 15 nitrogen and oxygen atoms in total. The number of hydrogen-bond donors (Lipinski definition) is 2. The van der Waals surface area contributed by atoms with Crippen molar-refractivity contribution < 1.29 is 55.9 Å². The smallest absolute Gasteiger partial charge is 0.435 e. The van der Waals surface area contributed by atoms with Gasteiger partial charge in [-0.2, -0.15) is 13.2 Å². The third-order valence-electron chi connectivity index (χ3n) is 7.33. The van der Waals surface area contributed by atoms with E-state index in [0.29, 0.717) is 5.56 Å². The molecular weight excluding hydrogens is 681 g/mol. The van der Waals surface area contributed by atoms with E-state index in [9.17, 15) is 22.8 Å². The quantitative estimate of drug-likeness (QED) is 0.187. The number of esters is 1. The first-order chi connectivity index (χ1) is 23.2. The van der Waals surface area contributed by atoms with E-state index in [0.717, 1.165) is 24.1 Å². The third kappa shape index (κ3) is 7.80. The fourth-order valence-corrected chi connectivity index (χ4v) is 5.54. The van der Waals surface area contributed by atoms with Crippen molar-refractivity contribution in [1.29, 1.82) is 0 Å². The van der Waals surface area contributed by atoms with Crippen molar-refractivity contribution >= 4 is 23.7 Å². The number of nitrogens with one attached hydrogen (secondary N) is 2. The molecule has 1 aromatic carbocycles. The van der Waals surface area contributed by atoms with E-state index >= 15 is 0 Å². The lowest BCUT2D eigenvalue weighted by Crippen LogP contribution is -2.72. The van der Waals surface area contributed by atoms with Crippen LogP contribution in [-0.4, -0.2) is 89.9 Å². The van der Waals surface area contributed by atoms with Gasteiger partial charge in [0.05, 0.1) is 37.1 Å². The molecule has 2 aromatic heterocycles. The summed E-state index contributed by atoms with van der Waals surface area (Å²) < 4.78 is 84.4. The van der Waals surface area contributed by atoms with Crippen LogP contribution in [0.2, 0.25) is 5.02 Å². The summed E-state index contributed by atoms with van der Waals surface area (Å²) in [6.07, 6.45) is -8.50. The predicted molar refractivity (Wildman–Crippen MR) is 161 cm³/mol. The number of pyridine rings is 1. The maximum Gasteiger partial charge on any atom is 0.435 e. The fourth-order valence-electron chi connectivity index (χ4n) is 5.38. The Labute approximate surface area is 283 Å². The number of methoxy groups -OCH3 is 2. The lowest BCUT2D eigenvalue weighted by molar-refractivity contribution is -0.356. The van der Waals surface area contributed by atoms with E-state index < -0.39 is 77.0 Å². The standard InChI is InChI=1S/C30H34ClF3N6O9/c1-28(2,3)49-27(42)38-37-22-19(47-15-43-4)13-45-20-14-46-25(16-9-7-6-8-10-16)48-29(20,22)26-36-23(24(41)44-5)39-40(26)18-11-17(31)12-35-21(18)30(32,33)34/h6-12,19-20,22,25,37H,13-15H2,1-5H3,(H,38,42)/t19-,20+,22+,25?,29+/m0/s1. The number of fused-ring (bicyclic) bond motifs is 1. The Kier molecular flexibility index (Phi) is 10.8. The molecule has 19 heteroatoms. The SMILES string of the molecule is COCO[C@H]1CO[C@@H]2COC(c3ccccc3)O[C@@]2(c2nc(C(=O)OC)nn2-c2cc(Cl)cnc2C(F)(F)F)[C@@H]1NNC(=O)OC(C)(C)C. The number of rotatable bonds is 9. The Morgan fingerprint density at radius 1 is 1.12 bits per heavy atom. The normalized spacial score (nSPS) is 24.2. The minimum absolute atomic E-state index is 0.142. The van der Waals surface area contributed by atoms with Gasteiger partial charge in [0.2, 0.25) is 0 Å². The van der Waals surface area contributed by atoms with Crippen LogP contribution in [0.1, 0.15) is 54.8 Å². The average Bonchev–Trinajstić information content (AvgIpc) is 3.51. The van der Waals surface area contributed by atoms with Crippen molar-refractivity contribution in [2.24, 2.45) is 0 Å². The van der Waals surface area contributed by atoms with E-state index in [1.54, 1.807) is 51.1 Å². The van der Waals surface area contributed by atoms with Crippen LogP contribution in [0.15, 0.2) is 42.6 Å². The van der Waals surface area contributed by atoms with Gasteiger partial charge < -0.3 is 33.2 Å². The molecule has 2 saturated heterocycles. The van der Waals surface area contributed by atoms with Crippen LogP contribution in [-0.2, 0) is 44.9 Å². The van der Waals surface area contributed by atoms with Crippen LogP contribution in [0.5, 0.6) is 0 Å². The van der Waals surface area contributed by atoms with Gasteiger partial charge in [-0.25, -0.2) is 29.7 Å². The molecule has 2 N–H and O–H groups in total. The molecule has 0 spiro atoms. The van der Waals surface area contributed by atoms with Gasteiger partial charge in [0.15, 0.2) is 23.4 Å². The summed E-state index contributed by atoms with van der Waals surface area (Å²) in [7, 11) is 2.43. The predicted octanol–water partition coefficient (Wildman–Crippen LogP) is 3.85. The van der Waals surface area contributed by atoms with Gasteiger partial charge in [-0.3, -0.25) is 5.43 Å². The van der Waals surface area contributed by atoms with Gasteiger partial charge in [-0.15, -0.1) is 5.10 Å². The Morgan fingerprint density at radius 3 is 2.51 bits per heavy atom. The molecule has 2 aliphatic heterocycles. The summed E-state index contributed by atoms with van der Waals surface area (Å²) in [5, 5.41) is 3.96. The number of aromatic nitrogens is 4. The van der Waals surface area contributed by atoms with Gasteiger partial charge in [-0.1, -0.05) is 41.9 Å². The molecule has 5 rings (SSSR count). The van der Waals surface area contributed by atoms with E-state index in [1.807, 2.05) is 0 Å². The second-order valence-electron chi connectivity index (χ2n) is 11.9. The molecule has 0 saturated carbocycles. The number of alkyl halides is 3. The molecule has 3 aromatic rings. The van der Waals surface area contributed by atoms with Crippen molar-refractivity contribution in [1.82, 2.24) is 30.6 Å². The lowest BCUT2D eigenvalue weighted by atomic mass is 9.80. The fraction of sp³-hybridized carbons (Fsp3) is 0.500. The Hall–Kier alpha value is -3.91. The zero-order valence-corrected chi connectivity index (χ0v) is 27.7. The summed E-state index contributed by atoms with van der Waals surface area (Å²) in [5.74, 6) is -2.11. The lowest BCUT2D eigenvalue weighted by Gasteiger charge is -2.54. The topological polar surface area (TPSA) is 166 Å². The number of carbonyl (C=O) groups is 2. The second-order valence-corrected chi connectivity index (χ2v) is 12.3. The number of ether oxygens (including phenoxy) is 7. The van der Waals surface area contributed by atoms with Crippen LogP contribution in [0, 0.1) is 0 Å². The summed E-state index contributed by atoms with van der Waals surface area (Å²) in [6.45, 7) is 4.35. The molecule has 5 atom stereocenters. The van der Waals surface area contributed by atoms with Crippen LogP contribution in [0.25, 0.3) is 5.69 Å². The molecule has 2 aliphatic rings. The van der Waals surface area contributed by atoms with Gasteiger partial charge in [0.1, 0.15) is 24.6 Å². The highest BCUT2D eigenvalue weighted by Crippen LogP contribution is 2.48. The Morgan fingerprint density at radius 2 is 1.86 bits per heavy atom. The largest absolute Gasteiger partial charge is 0.463 e. The molecule has 49 heavy (non-hydrogen) atoms. The van der Waals surface area contributed by atoms with E-state index in [2.05, 4.69) is 25.9 Å². The average molecular weight is 715 g/mol. The Balaban J connectivity index is 1.78. The summed E-state index contributed by atoms with van der Waals surface area (Å²) in [6, 6.07) is 8.33. The Bertz CT molecular complexity index is 1640. The zero-order chi connectivity index (χ0) is 35.6. The number of nitrogens with zero attached hydrogens (tertiary/aromatic N) is 4. The van der Waals surface area contributed by atoms with Crippen LogP contribution in [0.4, 0.5) is 18.0 Å². The zero-order valence-electron chi connectivity index (χ0n) is 26.9. The van der Waals surface area contributed by atoms with Gasteiger partial charge in [0, 0.05) is 18.9 Å². The molecular formula is C30H34ClF3N6O9. The van der Waals surface area contributed by atoms with Crippen molar-refractivity contribution in [2.75, 3.05) is 34.2 Å². The third-order valence-corrected chi connectivity index (χ3v) is 7.54. The molecule has 0 radical (unpaired) electrons. The highest BCUT2D eigenvalue weighted by molar-refractivity contribution is 6.30. The first-order valence-corrected chi connectivity index (χ1v) is 15.2. The first-order valence-electron chi connectivity index (χ1n) is 14.8. The molecule has 2 fully saturated rings. The monoisotopic (exact) mass is 714 g/mol.